The normalized spacial score (nSPS) is 18.7. The highest BCUT2D eigenvalue weighted by Crippen LogP contribution is 2.31. The van der Waals surface area contributed by atoms with Crippen LogP contribution in [0.4, 0.5) is 0 Å². The Kier molecular flexibility index (Phi) is 4.24. The maximum atomic E-state index is 12.9. The lowest BCUT2D eigenvalue weighted by Gasteiger charge is -2.31. The van der Waals surface area contributed by atoms with E-state index in [-0.39, 0.29) is 11.8 Å². The molecule has 1 aromatic rings. The highest BCUT2D eigenvalue weighted by Gasteiger charge is 2.34. The van der Waals surface area contributed by atoms with E-state index in [1.54, 1.807) is 0 Å². The fourth-order valence-electron chi connectivity index (χ4n) is 3.74. The standard InChI is InChI=1S/C17H22N2OS/c18-16(21)11-19(15-7-3-4-8-15)17(20)14-9-12-5-1-2-6-13(12)10-14/h1-2,5-6,14-15H,3-4,7-11H2,(H2,18,21). The Morgan fingerprint density at radius 3 is 2.29 bits per heavy atom. The van der Waals surface area contributed by atoms with Gasteiger partial charge in [0.1, 0.15) is 0 Å². The Morgan fingerprint density at radius 2 is 1.76 bits per heavy atom. The van der Waals surface area contributed by atoms with Crippen molar-refractivity contribution in [3.05, 3.63) is 35.4 Å². The van der Waals surface area contributed by atoms with E-state index in [9.17, 15) is 4.79 Å². The van der Waals surface area contributed by atoms with Crippen LogP contribution in [0.25, 0.3) is 0 Å². The third kappa shape index (κ3) is 3.10. The number of nitrogens with zero attached hydrogens (tertiary/aromatic N) is 1. The van der Waals surface area contributed by atoms with E-state index in [1.165, 1.54) is 24.0 Å². The molecule has 0 aliphatic heterocycles. The Morgan fingerprint density at radius 1 is 1.19 bits per heavy atom. The zero-order chi connectivity index (χ0) is 14.8. The second-order valence-corrected chi connectivity index (χ2v) is 6.77. The number of nitrogens with two attached hydrogens (primary N) is 1. The number of carbonyl (C=O) groups is 1. The summed E-state index contributed by atoms with van der Waals surface area (Å²) >= 11 is 5.05. The van der Waals surface area contributed by atoms with E-state index in [4.69, 9.17) is 18.0 Å². The van der Waals surface area contributed by atoms with Crippen LogP contribution in [0.15, 0.2) is 24.3 Å². The first-order chi connectivity index (χ1) is 10.1. The molecule has 0 atom stereocenters. The van der Waals surface area contributed by atoms with Crippen LogP contribution in [-0.2, 0) is 17.6 Å². The predicted molar refractivity (Wildman–Crippen MR) is 88.1 cm³/mol. The number of thiocarbonyl (C=S) groups is 1. The summed E-state index contributed by atoms with van der Waals surface area (Å²) < 4.78 is 0. The van der Waals surface area contributed by atoms with Gasteiger partial charge in [0, 0.05) is 12.0 Å². The summed E-state index contributed by atoms with van der Waals surface area (Å²) in [5.41, 5.74) is 8.35. The Labute approximate surface area is 131 Å². The number of hydrogen-bond acceptors (Lipinski definition) is 2. The van der Waals surface area contributed by atoms with E-state index < -0.39 is 0 Å². The van der Waals surface area contributed by atoms with Crippen LogP contribution in [0.3, 0.4) is 0 Å². The van der Waals surface area contributed by atoms with Crippen molar-refractivity contribution >= 4 is 23.1 Å². The van der Waals surface area contributed by atoms with Crippen molar-refractivity contribution in [2.24, 2.45) is 11.7 Å². The van der Waals surface area contributed by atoms with Crippen molar-refractivity contribution in [2.45, 2.75) is 44.6 Å². The zero-order valence-electron chi connectivity index (χ0n) is 12.3. The molecule has 1 fully saturated rings. The van der Waals surface area contributed by atoms with E-state index >= 15 is 0 Å². The van der Waals surface area contributed by atoms with Crippen LogP contribution in [0.2, 0.25) is 0 Å². The van der Waals surface area contributed by atoms with Crippen LogP contribution in [0.5, 0.6) is 0 Å². The molecule has 2 N–H and O–H groups in total. The molecule has 2 aliphatic rings. The van der Waals surface area contributed by atoms with Gasteiger partial charge in [-0.3, -0.25) is 4.79 Å². The van der Waals surface area contributed by atoms with Crippen molar-refractivity contribution < 1.29 is 4.79 Å². The lowest BCUT2D eigenvalue weighted by molar-refractivity contribution is -0.136. The molecule has 1 saturated carbocycles. The molecule has 0 radical (unpaired) electrons. The highest BCUT2D eigenvalue weighted by atomic mass is 32.1. The van der Waals surface area contributed by atoms with Crippen LogP contribution < -0.4 is 5.73 Å². The number of benzene rings is 1. The van der Waals surface area contributed by atoms with Crippen molar-refractivity contribution in [1.82, 2.24) is 4.90 Å². The number of rotatable bonds is 4. The molecule has 0 aromatic heterocycles. The lowest BCUT2D eigenvalue weighted by atomic mass is 10.0. The van der Waals surface area contributed by atoms with Gasteiger partial charge in [0.2, 0.25) is 5.91 Å². The van der Waals surface area contributed by atoms with Gasteiger partial charge in [-0.25, -0.2) is 0 Å². The van der Waals surface area contributed by atoms with Crippen LogP contribution >= 0.6 is 12.2 Å². The molecule has 3 nitrogen and oxygen atoms in total. The maximum Gasteiger partial charge on any atom is 0.226 e. The van der Waals surface area contributed by atoms with E-state index in [0.29, 0.717) is 17.6 Å². The maximum absolute atomic E-state index is 12.9. The minimum absolute atomic E-state index is 0.0670. The molecule has 0 unspecified atom stereocenters. The monoisotopic (exact) mass is 302 g/mol. The summed E-state index contributed by atoms with van der Waals surface area (Å²) in [6.45, 7) is 0.436. The van der Waals surface area contributed by atoms with E-state index in [1.807, 2.05) is 4.90 Å². The van der Waals surface area contributed by atoms with Gasteiger partial charge in [0.05, 0.1) is 11.5 Å². The predicted octanol–water partition coefficient (Wildman–Crippen LogP) is 2.46. The van der Waals surface area contributed by atoms with Gasteiger partial charge in [-0.1, -0.05) is 49.3 Å². The second-order valence-electron chi connectivity index (χ2n) is 6.24. The molecule has 1 aromatic carbocycles. The summed E-state index contributed by atoms with van der Waals surface area (Å²) in [6, 6.07) is 8.71. The van der Waals surface area contributed by atoms with Crippen LogP contribution in [-0.4, -0.2) is 28.4 Å². The first kappa shape index (κ1) is 14.5. The first-order valence-electron chi connectivity index (χ1n) is 7.80. The van der Waals surface area contributed by atoms with Crippen LogP contribution in [0.1, 0.15) is 36.8 Å². The Bertz CT molecular complexity index is 526. The van der Waals surface area contributed by atoms with Crippen molar-refractivity contribution in [1.29, 1.82) is 0 Å². The first-order valence-corrected chi connectivity index (χ1v) is 8.21. The van der Waals surface area contributed by atoms with Crippen LogP contribution in [0, 0.1) is 5.92 Å². The molecular formula is C17H22N2OS. The molecule has 0 spiro atoms. The van der Waals surface area contributed by atoms with Gasteiger partial charge in [0.15, 0.2) is 0 Å². The highest BCUT2D eigenvalue weighted by molar-refractivity contribution is 7.80. The largest absolute Gasteiger partial charge is 0.392 e. The quantitative estimate of drug-likeness (QED) is 0.869. The zero-order valence-corrected chi connectivity index (χ0v) is 13.1. The number of fused-ring (bicyclic) bond motifs is 1. The van der Waals surface area contributed by atoms with Gasteiger partial charge in [-0.2, -0.15) is 0 Å². The minimum atomic E-state index is 0.0670. The van der Waals surface area contributed by atoms with Gasteiger partial charge in [-0.15, -0.1) is 0 Å². The molecule has 1 amide bonds. The SMILES string of the molecule is NC(=S)CN(C(=O)C1Cc2ccccc2C1)C1CCCC1. The smallest absolute Gasteiger partial charge is 0.226 e. The fraction of sp³-hybridized carbons (Fsp3) is 0.529. The van der Waals surface area contributed by atoms with E-state index in [2.05, 4.69) is 24.3 Å². The van der Waals surface area contributed by atoms with Gasteiger partial charge in [0.25, 0.3) is 0 Å². The fourth-order valence-corrected chi connectivity index (χ4v) is 3.88. The minimum Gasteiger partial charge on any atom is -0.392 e. The molecule has 112 valence electrons. The van der Waals surface area contributed by atoms with Crippen molar-refractivity contribution in [3.8, 4) is 0 Å². The molecule has 4 heteroatoms. The number of amides is 1. The molecule has 21 heavy (non-hydrogen) atoms. The van der Waals surface area contributed by atoms with Gasteiger partial charge < -0.3 is 10.6 Å². The third-order valence-corrected chi connectivity index (χ3v) is 4.90. The average Bonchev–Trinajstić information content (AvgIpc) is 3.12. The van der Waals surface area contributed by atoms with Gasteiger partial charge >= 0.3 is 0 Å². The Balaban J connectivity index is 1.74. The van der Waals surface area contributed by atoms with Gasteiger partial charge in [-0.05, 0) is 36.8 Å². The third-order valence-electron chi connectivity index (χ3n) is 4.77. The topological polar surface area (TPSA) is 46.3 Å². The molecule has 0 bridgehead atoms. The second kappa shape index (κ2) is 6.14. The average molecular weight is 302 g/mol. The molecule has 2 aliphatic carbocycles. The molecule has 3 rings (SSSR count). The number of hydrogen-bond donors (Lipinski definition) is 1. The molecular weight excluding hydrogens is 280 g/mol. The number of carbonyl (C=O) groups excluding carboxylic acids is 1. The summed E-state index contributed by atoms with van der Waals surface area (Å²) in [5, 5.41) is 0. The van der Waals surface area contributed by atoms with Crippen molar-refractivity contribution in [2.75, 3.05) is 6.54 Å². The Hall–Kier alpha value is -1.42. The van der Waals surface area contributed by atoms with E-state index in [0.717, 1.165) is 25.7 Å². The molecule has 0 heterocycles. The summed E-state index contributed by atoms with van der Waals surface area (Å²) in [7, 11) is 0. The molecule has 0 saturated heterocycles. The lowest BCUT2D eigenvalue weighted by Crippen LogP contribution is -2.46. The summed E-state index contributed by atoms with van der Waals surface area (Å²) in [4.78, 5) is 15.3. The summed E-state index contributed by atoms with van der Waals surface area (Å²) in [6.07, 6.45) is 6.31. The summed E-state index contributed by atoms with van der Waals surface area (Å²) in [5.74, 6) is 0.309. The van der Waals surface area contributed by atoms with Crippen molar-refractivity contribution in [3.63, 3.8) is 0 Å².